The summed E-state index contributed by atoms with van der Waals surface area (Å²) in [6.07, 6.45) is 3.62. The normalized spacial score (nSPS) is 15.7. The third-order valence-electron chi connectivity index (χ3n) is 4.81. The zero-order chi connectivity index (χ0) is 21.5. The summed E-state index contributed by atoms with van der Waals surface area (Å²) in [6, 6.07) is 7.66. The quantitative estimate of drug-likeness (QED) is 0.600. The lowest BCUT2D eigenvalue weighted by molar-refractivity contribution is -0.130. The zero-order valence-electron chi connectivity index (χ0n) is 16.9. The number of amides is 4. The number of carbonyl (C=O) groups is 3. The summed E-state index contributed by atoms with van der Waals surface area (Å²) in [5.41, 5.74) is 1.79. The van der Waals surface area contributed by atoms with Gasteiger partial charge in [-0.05, 0) is 41.8 Å². The summed E-state index contributed by atoms with van der Waals surface area (Å²) >= 11 is 0. The molecule has 0 spiro atoms. The fourth-order valence-corrected chi connectivity index (χ4v) is 3.16. The fourth-order valence-electron chi connectivity index (χ4n) is 3.16. The first-order valence-electron chi connectivity index (χ1n) is 9.50. The maximum absolute atomic E-state index is 12.6. The Balaban J connectivity index is 1.52. The fraction of sp³-hybridized carbons (Fsp3) is 0.333. The molecule has 2 aromatic rings. The molecule has 0 radical (unpaired) electrons. The molecule has 1 aliphatic rings. The van der Waals surface area contributed by atoms with Crippen LogP contribution < -0.4 is 20.1 Å². The molecule has 2 N–H and O–H groups in total. The lowest BCUT2D eigenvalue weighted by Gasteiger charge is -2.14. The minimum Gasteiger partial charge on any atom is -0.493 e. The van der Waals surface area contributed by atoms with Crippen molar-refractivity contribution in [3.8, 4) is 11.5 Å². The standard InChI is InChI=1S/C21H24N4O5/c1-29-17-4-3-14(11-18(17)30-2)7-10-25-20(27)16(24-21(25)28)12-19(26)23-13-15-5-8-22-9-6-15/h3-6,8-9,11,16H,7,10,12-13H2,1-2H3,(H,23,26)(H,24,28)/t16-/m0/s1. The van der Waals surface area contributed by atoms with Gasteiger partial charge in [-0.1, -0.05) is 6.07 Å². The summed E-state index contributed by atoms with van der Waals surface area (Å²) in [7, 11) is 3.10. The van der Waals surface area contributed by atoms with E-state index in [1.54, 1.807) is 50.9 Å². The van der Waals surface area contributed by atoms with E-state index in [1.807, 2.05) is 6.07 Å². The summed E-state index contributed by atoms with van der Waals surface area (Å²) < 4.78 is 10.5. The van der Waals surface area contributed by atoms with Gasteiger partial charge >= 0.3 is 6.03 Å². The second kappa shape index (κ2) is 9.73. The average Bonchev–Trinajstić information content (AvgIpc) is 3.03. The van der Waals surface area contributed by atoms with Crippen molar-refractivity contribution in [1.82, 2.24) is 20.5 Å². The topological polar surface area (TPSA) is 110 Å². The van der Waals surface area contributed by atoms with Gasteiger partial charge in [-0.2, -0.15) is 0 Å². The molecule has 1 aromatic carbocycles. The molecule has 0 saturated carbocycles. The van der Waals surface area contributed by atoms with Gasteiger partial charge in [0, 0.05) is 25.5 Å². The number of hydrogen-bond donors (Lipinski definition) is 2. The Bertz CT molecular complexity index is 919. The first kappa shape index (κ1) is 21.1. The number of methoxy groups -OCH3 is 2. The first-order valence-corrected chi connectivity index (χ1v) is 9.50. The molecule has 1 aromatic heterocycles. The van der Waals surface area contributed by atoms with Crippen LogP contribution in [0.25, 0.3) is 0 Å². The van der Waals surface area contributed by atoms with Gasteiger partial charge in [0.25, 0.3) is 5.91 Å². The van der Waals surface area contributed by atoms with E-state index in [0.29, 0.717) is 24.5 Å². The van der Waals surface area contributed by atoms with Crippen molar-refractivity contribution in [1.29, 1.82) is 0 Å². The average molecular weight is 412 g/mol. The number of nitrogens with one attached hydrogen (secondary N) is 2. The minimum atomic E-state index is -0.861. The van der Waals surface area contributed by atoms with Crippen molar-refractivity contribution in [2.45, 2.75) is 25.4 Å². The molecule has 9 heteroatoms. The van der Waals surface area contributed by atoms with E-state index < -0.39 is 18.0 Å². The Morgan fingerprint density at radius 2 is 1.83 bits per heavy atom. The van der Waals surface area contributed by atoms with Crippen molar-refractivity contribution in [2.75, 3.05) is 20.8 Å². The van der Waals surface area contributed by atoms with E-state index in [1.165, 1.54) is 0 Å². The maximum Gasteiger partial charge on any atom is 0.324 e. The first-order chi connectivity index (χ1) is 14.5. The van der Waals surface area contributed by atoms with Gasteiger partial charge in [-0.25, -0.2) is 4.79 Å². The van der Waals surface area contributed by atoms with Gasteiger partial charge in [-0.3, -0.25) is 19.5 Å². The van der Waals surface area contributed by atoms with Crippen molar-refractivity contribution in [3.05, 3.63) is 53.9 Å². The highest BCUT2D eigenvalue weighted by atomic mass is 16.5. The summed E-state index contributed by atoms with van der Waals surface area (Å²) in [4.78, 5) is 42.0. The number of aromatic nitrogens is 1. The van der Waals surface area contributed by atoms with Crippen LogP contribution in [0.2, 0.25) is 0 Å². The molecule has 1 aliphatic heterocycles. The number of ether oxygens (including phenoxy) is 2. The summed E-state index contributed by atoms with van der Waals surface area (Å²) in [5, 5.41) is 5.32. The van der Waals surface area contributed by atoms with E-state index in [-0.39, 0.29) is 18.9 Å². The Morgan fingerprint density at radius 3 is 2.53 bits per heavy atom. The number of imide groups is 1. The summed E-state index contributed by atoms with van der Waals surface area (Å²) in [6.45, 7) is 0.536. The van der Waals surface area contributed by atoms with E-state index in [0.717, 1.165) is 16.0 Å². The summed E-state index contributed by atoms with van der Waals surface area (Å²) in [5.74, 6) is 0.469. The van der Waals surface area contributed by atoms with Gasteiger partial charge in [0.2, 0.25) is 5.91 Å². The van der Waals surface area contributed by atoms with Gasteiger partial charge in [0.05, 0.1) is 20.6 Å². The van der Waals surface area contributed by atoms with E-state index >= 15 is 0 Å². The zero-order valence-corrected chi connectivity index (χ0v) is 16.9. The molecule has 3 rings (SSSR count). The Kier molecular flexibility index (Phi) is 6.84. The number of rotatable bonds is 9. The van der Waals surface area contributed by atoms with Crippen molar-refractivity contribution in [3.63, 3.8) is 0 Å². The second-order valence-electron chi connectivity index (χ2n) is 6.77. The van der Waals surface area contributed by atoms with Crippen LogP contribution in [-0.2, 0) is 22.6 Å². The van der Waals surface area contributed by atoms with Crippen LogP contribution in [0.15, 0.2) is 42.7 Å². The second-order valence-corrected chi connectivity index (χ2v) is 6.77. The van der Waals surface area contributed by atoms with Crippen molar-refractivity contribution < 1.29 is 23.9 Å². The molecule has 0 unspecified atom stereocenters. The SMILES string of the molecule is COc1ccc(CCN2C(=O)N[C@@H](CC(=O)NCc3ccncc3)C2=O)cc1OC. The number of hydrogen-bond acceptors (Lipinski definition) is 6. The maximum atomic E-state index is 12.6. The molecule has 0 bridgehead atoms. The van der Waals surface area contributed by atoms with Gasteiger partial charge < -0.3 is 20.1 Å². The third kappa shape index (κ3) is 5.05. The van der Waals surface area contributed by atoms with Crippen LogP contribution in [0.4, 0.5) is 4.79 Å². The molecule has 2 heterocycles. The highest BCUT2D eigenvalue weighted by molar-refractivity contribution is 6.05. The van der Waals surface area contributed by atoms with E-state index in [2.05, 4.69) is 15.6 Å². The molecule has 0 aliphatic carbocycles. The molecule has 9 nitrogen and oxygen atoms in total. The molecule has 4 amide bonds. The Labute approximate surface area is 174 Å². The predicted octanol–water partition coefficient (Wildman–Crippen LogP) is 1.27. The number of carbonyl (C=O) groups excluding carboxylic acids is 3. The Morgan fingerprint density at radius 1 is 1.10 bits per heavy atom. The lowest BCUT2D eigenvalue weighted by atomic mass is 10.1. The highest BCUT2D eigenvalue weighted by Gasteiger charge is 2.38. The number of benzene rings is 1. The van der Waals surface area contributed by atoms with Gasteiger partial charge in [-0.15, -0.1) is 0 Å². The molecule has 1 atom stereocenters. The van der Waals surface area contributed by atoms with E-state index in [9.17, 15) is 14.4 Å². The smallest absolute Gasteiger partial charge is 0.324 e. The number of urea groups is 1. The molecule has 158 valence electrons. The monoisotopic (exact) mass is 412 g/mol. The Hall–Kier alpha value is -3.62. The van der Waals surface area contributed by atoms with Crippen LogP contribution in [-0.4, -0.2) is 54.5 Å². The van der Waals surface area contributed by atoms with Gasteiger partial charge in [0.1, 0.15) is 6.04 Å². The highest BCUT2D eigenvalue weighted by Crippen LogP contribution is 2.27. The van der Waals surface area contributed by atoms with Crippen LogP contribution in [0, 0.1) is 0 Å². The lowest BCUT2D eigenvalue weighted by Crippen LogP contribution is -2.36. The minimum absolute atomic E-state index is 0.109. The van der Waals surface area contributed by atoms with Crippen molar-refractivity contribution >= 4 is 17.8 Å². The third-order valence-corrected chi connectivity index (χ3v) is 4.81. The van der Waals surface area contributed by atoms with Crippen LogP contribution in [0.5, 0.6) is 11.5 Å². The largest absolute Gasteiger partial charge is 0.493 e. The van der Waals surface area contributed by atoms with Crippen LogP contribution >= 0.6 is 0 Å². The molecule has 30 heavy (non-hydrogen) atoms. The van der Waals surface area contributed by atoms with Crippen LogP contribution in [0.3, 0.4) is 0 Å². The number of pyridine rings is 1. The molecule has 1 saturated heterocycles. The number of nitrogens with zero attached hydrogens (tertiary/aromatic N) is 2. The molecular formula is C21H24N4O5. The van der Waals surface area contributed by atoms with Gasteiger partial charge in [0.15, 0.2) is 11.5 Å². The predicted molar refractivity (Wildman–Crippen MR) is 108 cm³/mol. The van der Waals surface area contributed by atoms with Crippen molar-refractivity contribution in [2.24, 2.45) is 0 Å². The van der Waals surface area contributed by atoms with Crippen LogP contribution in [0.1, 0.15) is 17.5 Å². The molecular weight excluding hydrogens is 388 g/mol. The van der Waals surface area contributed by atoms with E-state index in [4.69, 9.17) is 9.47 Å². The molecule has 1 fully saturated rings.